The van der Waals surface area contributed by atoms with Crippen LogP contribution in [-0.4, -0.2) is 179 Å². The van der Waals surface area contributed by atoms with Gasteiger partial charge in [0.25, 0.3) is 5.79 Å². The maximum absolute atomic E-state index is 11.5. The van der Waals surface area contributed by atoms with E-state index in [1.807, 2.05) is 0 Å². The molecule has 18 heteroatoms. The summed E-state index contributed by atoms with van der Waals surface area (Å²) in [6.07, 6.45) is -25.9. The maximum atomic E-state index is 11.5. The molecule has 0 bridgehead atoms. The van der Waals surface area contributed by atoms with Crippen LogP contribution in [0.2, 0.25) is 0 Å². The second-order valence-electron chi connectivity index (χ2n) is 9.30. The van der Waals surface area contributed by atoms with Gasteiger partial charge in [0, 0.05) is 6.42 Å². The largest absolute Gasteiger partial charge is 0.477 e. The first-order valence-corrected chi connectivity index (χ1v) is 11.6. The van der Waals surface area contributed by atoms with Crippen LogP contribution >= 0.6 is 0 Å². The molecule has 3 heterocycles. The van der Waals surface area contributed by atoms with E-state index in [9.17, 15) is 66.1 Å². The smallest absolute Gasteiger partial charge is 0.364 e. The fourth-order valence-electron chi connectivity index (χ4n) is 4.46. The minimum Gasteiger partial charge on any atom is -0.477 e. The third-order valence-corrected chi connectivity index (χ3v) is 6.70. The molecule has 12 N–H and O–H groups in total. The summed E-state index contributed by atoms with van der Waals surface area (Å²) in [4.78, 5) is 11.5. The molecule has 3 aliphatic rings. The SMILES string of the molecule is O=C(O)C1(O)C[C@@H](O[C@H]2O[C@H](CO)[C@@H](O[C@H]3O[C@H](CO)[C@H](O)[C@H](O)[C@H]3O)[C@H](O)[C@@H]2O)[C@@H](O)[C@@H]([C@H](O)CO)O1. The highest BCUT2D eigenvalue weighted by Crippen LogP contribution is 2.35. The first kappa shape index (κ1) is 31.4. The first-order chi connectivity index (χ1) is 17.8. The van der Waals surface area contributed by atoms with Crippen LogP contribution in [0.3, 0.4) is 0 Å². The van der Waals surface area contributed by atoms with Crippen LogP contribution < -0.4 is 0 Å². The summed E-state index contributed by atoms with van der Waals surface area (Å²) in [5.41, 5.74) is 0. The van der Waals surface area contributed by atoms with Gasteiger partial charge in [-0.1, -0.05) is 0 Å². The van der Waals surface area contributed by atoms with Crippen LogP contribution in [0.1, 0.15) is 6.42 Å². The average Bonchev–Trinajstić information content (AvgIpc) is 2.89. The minimum absolute atomic E-state index is 0.779. The van der Waals surface area contributed by atoms with Crippen molar-refractivity contribution in [3.8, 4) is 0 Å². The molecule has 0 saturated carbocycles. The number of carboxylic acid groups (broad SMARTS) is 1. The summed E-state index contributed by atoms with van der Waals surface area (Å²) in [5.74, 6) is -4.91. The van der Waals surface area contributed by atoms with Gasteiger partial charge in [-0.05, 0) is 0 Å². The van der Waals surface area contributed by atoms with Gasteiger partial charge in [-0.15, -0.1) is 0 Å². The van der Waals surface area contributed by atoms with Gasteiger partial charge >= 0.3 is 5.97 Å². The summed E-state index contributed by atoms with van der Waals surface area (Å²) >= 11 is 0. The number of carbonyl (C=O) groups is 1. The Morgan fingerprint density at radius 3 is 1.92 bits per heavy atom. The number of hydrogen-bond acceptors (Lipinski definition) is 17. The van der Waals surface area contributed by atoms with Crippen LogP contribution in [0.25, 0.3) is 0 Å². The zero-order chi connectivity index (χ0) is 28.5. The molecular weight excluding hydrogens is 528 g/mol. The van der Waals surface area contributed by atoms with Gasteiger partial charge in [0.15, 0.2) is 12.6 Å². The Morgan fingerprint density at radius 2 is 1.37 bits per heavy atom. The van der Waals surface area contributed by atoms with Crippen molar-refractivity contribution in [1.82, 2.24) is 0 Å². The van der Waals surface area contributed by atoms with Crippen molar-refractivity contribution in [1.29, 1.82) is 0 Å². The highest BCUT2D eigenvalue weighted by atomic mass is 16.7. The molecule has 222 valence electrons. The molecule has 0 radical (unpaired) electrons. The Labute approximate surface area is 214 Å². The predicted molar refractivity (Wildman–Crippen MR) is 112 cm³/mol. The van der Waals surface area contributed by atoms with Crippen molar-refractivity contribution in [3.63, 3.8) is 0 Å². The number of aliphatic carboxylic acids is 1. The molecule has 0 aromatic carbocycles. The molecule has 3 fully saturated rings. The molecule has 38 heavy (non-hydrogen) atoms. The number of carboxylic acids is 1. The van der Waals surface area contributed by atoms with E-state index in [4.69, 9.17) is 23.7 Å². The van der Waals surface area contributed by atoms with Gasteiger partial charge in [-0.2, -0.15) is 0 Å². The highest BCUT2D eigenvalue weighted by molar-refractivity contribution is 5.75. The third kappa shape index (κ3) is 6.10. The summed E-state index contributed by atoms with van der Waals surface area (Å²) in [7, 11) is 0. The van der Waals surface area contributed by atoms with Gasteiger partial charge in [0.1, 0.15) is 67.1 Å². The van der Waals surface area contributed by atoms with Crippen molar-refractivity contribution < 1.29 is 89.8 Å². The standard InChI is InChI=1S/C20H34O18/c21-2-5(24)15-10(26)6(1-20(33,38-15)19(31)32)34-17-14(30)12(28)16(8(4-23)36-17)37-18-13(29)11(27)9(25)7(3-22)35-18/h5-18,21-30,33H,1-4H2,(H,31,32)/t5-,6-,7-,8-,9+,10-,11+,12-,13-,14+,15-,16-,17+,18-,20?/m1/s1. The minimum atomic E-state index is -2.99. The molecule has 0 spiro atoms. The van der Waals surface area contributed by atoms with Crippen LogP contribution in [0, 0.1) is 0 Å². The van der Waals surface area contributed by atoms with Crippen molar-refractivity contribution in [2.24, 2.45) is 0 Å². The van der Waals surface area contributed by atoms with E-state index in [-0.39, 0.29) is 0 Å². The topological polar surface area (TPSA) is 306 Å². The summed E-state index contributed by atoms with van der Waals surface area (Å²) in [6, 6.07) is 0. The first-order valence-electron chi connectivity index (χ1n) is 11.6. The molecule has 3 saturated heterocycles. The van der Waals surface area contributed by atoms with Crippen molar-refractivity contribution in [2.75, 3.05) is 19.8 Å². The van der Waals surface area contributed by atoms with Crippen molar-refractivity contribution >= 4 is 5.97 Å². The van der Waals surface area contributed by atoms with E-state index in [1.165, 1.54) is 0 Å². The van der Waals surface area contributed by atoms with Crippen LogP contribution in [0.4, 0.5) is 0 Å². The summed E-state index contributed by atoms with van der Waals surface area (Å²) < 4.78 is 26.3. The van der Waals surface area contributed by atoms with E-state index in [2.05, 4.69) is 0 Å². The molecule has 0 amide bonds. The molecule has 15 atom stereocenters. The summed E-state index contributed by atoms with van der Waals surface area (Å²) in [6.45, 7) is -2.67. The number of rotatable bonds is 9. The summed E-state index contributed by atoms with van der Waals surface area (Å²) in [5, 5.41) is 120. The molecule has 0 aromatic heterocycles. The number of aliphatic hydroxyl groups is 11. The van der Waals surface area contributed by atoms with Gasteiger partial charge in [-0.3, -0.25) is 0 Å². The quantitative estimate of drug-likeness (QED) is 0.124. The lowest BCUT2D eigenvalue weighted by Gasteiger charge is -2.48. The number of aliphatic hydroxyl groups excluding tert-OH is 10. The second-order valence-corrected chi connectivity index (χ2v) is 9.30. The van der Waals surface area contributed by atoms with Crippen LogP contribution in [0.5, 0.6) is 0 Å². The number of hydrogen-bond donors (Lipinski definition) is 12. The molecule has 1 unspecified atom stereocenters. The zero-order valence-electron chi connectivity index (χ0n) is 19.7. The Hall–Kier alpha value is -1.17. The van der Waals surface area contributed by atoms with E-state index >= 15 is 0 Å². The van der Waals surface area contributed by atoms with Crippen molar-refractivity contribution in [2.45, 2.75) is 98.0 Å². The lowest BCUT2D eigenvalue weighted by atomic mass is 9.92. The Balaban J connectivity index is 1.76. The third-order valence-electron chi connectivity index (χ3n) is 6.70. The zero-order valence-corrected chi connectivity index (χ0v) is 19.7. The van der Waals surface area contributed by atoms with Gasteiger partial charge < -0.3 is 85.0 Å². The molecule has 0 aromatic rings. The maximum Gasteiger partial charge on any atom is 0.364 e. The fourth-order valence-corrected chi connectivity index (χ4v) is 4.46. The highest BCUT2D eigenvalue weighted by Gasteiger charge is 2.56. The monoisotopic (exact) mass is 562 g/mol. The fraction of sp³-hybridized carbons (Fsp3) is 0.950. The lowest BCUT2D eigenvalue weighted by Crippen LogP contribution is -2.66. The Morgan fingerprint density at radius 1 is 0.816 bits per heavy atom. The van der Waals surface area contributed by atoms with Gasteiger partial charge in [-0.25, -0.2) is 4.79 Å². The lowest BCUT2D eigenvalue weighted by molar-refractivity contribution is -0.376. The van der Waals surface area contributed by atoms with E-state index in [1.54, 1.807) is 0 Å². The van der Waals surface area contributed by atoms with Gasteiger partial charge in [0.2, 0.25) is 0 Å². The molecule has 3 rings (SSSR count). The average molecular weight is 562 g/mol. The predicted octanol–water partition coefficient (Wildman–Crippen LogP) is -7.73. The Kier molecular flexibility index (Phi) is 10.4. The molecule has 0 aliphatic carbocycles. The molecular formula is C20H34O18. The van der Waals surface area contributed by atoms with E-state index in [0.29, 0.717) is 0 Å². The van der Waals surface area contributed by atoms with Crippen LogP contribution in [-0.2, 0) is 28.5 Å². The second kappa shape index (κ2) is 12.6. The molecule has 3 aliphatic heterocycles. The van der Waals surface area contributed by atoms with E-state index in [0.717, 1.165) is 0 Å². The number of ether oxygens (including phenoxy) is 5. The normalized spacial score (nSPS) is 49.0. The Bertz CT molecular complexity index is 783. The van der Waals surface area contributed by atoms with E-state index < -0.39 is 124 Å². The van der Waals surface area contributed by atoms with Crippen LogP contribution in [0.15, 0.2) is 0 Å². The van der Waals surface area contributed by atoms with Gasteiger partial charge in [0.05, 0.1) is 25.9 Å². The van der Waals surface area contributed by atoms with Crippen molar-refractivity contribution in [3.05, 3.63) is 0 Å². The molecule has 18 nitrogen and oxygen atoms in total.